The van der Waals surface area contributed by atoms with Crippen LogP contribution in [0.2, 0.25) is 12.6 Å². The Labute approximate surface area is 216 Å². The molecule has 0 saturated heterocycles. The zero-order chi connectivity index (χ0) is 25.0. The number of aromatic nitrogens is 1. The number of benzene rings is 2. The summed E-state index contributed by atoms with van der Waals surface area (Å²) in [5.41, 5.74) is 3.09. The molecule has 2 heteroatoms. The molecular formula is C33H50BN. The monoisotopic (exact) mass is 471 g/mol. The average Bonchev–Trinajstić information content (AvgIpc) is 2.93. The Morgan fingerprint density at radius 2 is 0.914 bits per heavy atom. The molecule has 1 nitrogen and oxygen atoms in total. The largest absolute Gasteiger partial charge is 0.205 e. The van der Waals surface area contributed by atoms with Crippen LogP contribution in [-0.4, -0.2) is 6.15 Å². The Morgan fingerprint density at radius 3 is 1.40 bits per heavy atom. The number of rotatable bonds is 15. The smallest absolute Gasteiger partial charge is 0.168 e. The van der Waals surface area contributed by atoms with Crippen LogP contribution in [0.4, 0.5) is 0 Å². The van der Waals surface area contributed by atoms with Crippen LogP contribution in [0.1, 0.15) is 85.0 Å². The van der Waals surface area contributed by atoms with E-state index in [-0.39, 0.29) is 0 Å². The van der Waals surface area contributed by atoms with Crippen LogP contribution in [0.3, 0.4) is 0 Å². The molecule has 0 fully saturated rings. The van der Waals surface area contributed by atoms with E-state index in [9.17, 15) is 0 Å². The molecule has 0 radical (unpaired) electrons. The number of hydrogen-bond donors (Lipinski definition) is 0. The lowest BCUT2D eigenvalue weighted by Gasteiger charge is -2.42. The quantitative estimate of drug-likeness (QED) is 0.120. The highest BCUT2D eigenvalue weighted by atomic mass is 14.9. The lowest BCUT2D eigenvalue weighted by Crippen LogP contribution is -2.58. The van der Waals surface area contributed by atoms with Crippen LogP contribution in [0, 0.1) is 0 Å². The van der Waals surface area contributed by atoms with Gasteiger partial charge in [-0.2, -0.15) is 12.6 Å². The molecule has 2 aromatic carbocycles. The van der Waals surface area contributed by atoms with E-state index >= 15 is 0 Å². The Bertz CT molecular complexity index is 814. The minimum absolute atomic E-state index is 0.611. The molecule has 0 amide bonds. The highest BCUT2D eigenvalue weighted by molar-refractivity contribution is 7.02. The van der Waals surface area contributed by atoms with E-state index in [1.165, 1.54) is 83.4 Å². The molecule has 0 aliphatic carbocycles. The molecule has 0 aliphatic heterocycles. The zero-order valence-corrected chi connectivity index (χ0v) is 22.9. The van der Waals surface area contributed by atoms with Crippen molar-refractivity contribution in [3.63, 3.8) is 0 Å². The summed E-state index contributed by atoms with van der Waals surface area (Å²) in [5, 5.41) is 0. The second-order valence-electron chi connectivity index (χ2n) is 10.2. The summed E-state index contributed by atoms with van der Waals surface area (Å²) < 4.78 is 2.26. The van der Waals surface area contributed by atoms with E-state index in [1.54, 1.807) is 10.9 Å². The Balaban J connectivity index is 0.000000269. The fourth-order valence-corrected chi connectivity index (χ4v) is 5.41. The number of pyridine rings is 1. The SMILES string of the molecule is CCCCCCCC[n+]1ccccc1.CCCC[B-](CCCC)(c1ccccc1)c1ccccc1. The van der Waals surface area contributed by atoms with Crippen LogP contribution >= 0.6 is 0 Å². The van der Waals surface area contributed by atoms with Gasteiger partial charge in [0.05, 0.1) is 6.15 Å². The third-order valence-corrected chi connectivity index (χ3v) is 7.52. The fraction of sp³-hybridized carbons (Fsp3) is 0.485. The standard InChI is InChI=1S/C20H28B.C13H22N/c1-3-5-17-21(18-6-4-2,19-13-9-7-10-14-19)20-15-11-8-12-16-20;1-2-3-4-5-6-8-11-14-12-9-7-10-13-14/h7-16H,3-6,17-18H2,1-2H3;7,9-10,12-13H,2-6,8,11H2,1H3/q-1;+1. The maximum absolute atomic E-state index is 2.35. The van der Waals surface area contributed by atoms with E-state index in [4.69, 9.17) is 0 Å². The van der Waals surface area contributed by atoms with Crippen molar-refractivity contribution in [2.75, 3.05) is 0 Å². The van der Waals surface area contributed by atoms with Crippen molar-refractivity contribution < 1.29 is 4.57 Å². The predicted molar refractivity (Wildman–Crippen MR) is 157 cm³/mol. The van der Waals surface area contributed by atoms with Crippen molar-refractivity contribution in [1.82, 2.24) is 0 Å². The number of unbranched alkanes of at least 4 members (excludes halogenated alkanes) is 7. The second-order valence-corrected chi connectivity index (χ2v) is 10.2. The third-order valence-electron chi connectivity index (χ3n) is 7.52. The molecule has 0 unspecified atom stereocenters. The molecule has 0 bridgehead atoms. The lowest BCUT2D eigenvalue weighted by molar-refractivity contribution is -0.697. The molecule has 1 heterocycles. The summed E-state index contributed by atoms with van der Waals surface area (Å²) in [7, 11) is 0. The summed E-state index contributed by atoms with van der Waals surface area (Å²) in [6, 6.07) is 28.7. The van der Waals surface area contributed by atoms with E-state index in [2.05, 4.69) is 117 Å². The summed E-state index contributed by atoms with van der Waals surface area (Å²) in [5.74, 6) is 0. The van der Waals surface area contributed by atoms with Gasteiger partial charge in [-0.05, 0) is 6.42 Å². The summed E-state index contributed by atoms with van der Waals surface area (Å²) in [4.78, 5) is 0. The molecule has 0 spiro atoms. The molecule has 0 N–H and O–H groups in total. The maximum atomic E-state index is 2.35. The van der Waals surface area contributed by atoms with Crippen LogP contribution in [0.5, 0.6) is 0 Å². The van der Waals surface area contributed by atoms with E-state index in [0.717, 1.165) is 0 Å². The van der Waals surface area contributed by atoms with Gasteiger partial charge in [-0.3, -0.25) is 0 Å². The molecule has 1 aromatic heterocycles. The lowest BCUT2D eigenvalue weighted by atomic mass is 9.15. The first-order valence-electron chi connectivity index (χ1n) is 14.5. The minimum Gasteiger partial charge on any atom is -0.205 e. The Kier molecular flexibility index (Phi) is 14.9. The van der Waals surface area contributed by atoms with Gasteiger partial charge < -0.3 is 0 Å². The molecule has 3 aromatic rings. The number of nitrogens with zero attached hydrogens (tertiary/aromatic N) is 1. The highest BCUT2D eigenvalue weighted by Crippen LogP contribution is 2.22. The van der Waals surface area contributed by atoms with Crippen molar-refractivity contribution in [1.29, 1.82) is 0 Å². The third kappa shape index (κ3) is 10.4. The average molecular weight is 472 g/mol. The van der Waals surface area contributed by atoms with Crippen LogP contribution in [0.15, 0.2) is 91.3 Å². The Hall–Kier alpha value is -2.35. The van der Waals surface area contributed by atoms with E-state index in [0.29, 0.717) is 0 Å². The normalized spacial score (nSPS) is 11.1. The minimum atomic E-state index is -0.611. The van der Waals surface area contributed by atoms with E-state index < -0.39 is 6.15 Å². The number of aryl methyl sites for hydroxylation is 1. The molecular weight excluding hydrogens is 421 g/mol. The molecule has 3 rings (SSSR count). The van der Waals surface area contributed by atoms with Crippen LogP contribution in [-0.2, 0) is 6.54 Å². The highest BCUT2D eigenvalue weighted by Gasteiger charge is 2.26. The van der Waals surface area contributed by atoms with Crippen molar-refractivity contribution in [3.8, 4) is 0 Å². The molecule has 0 saturated carbocycles. The molecule has 35 heavy (non-hydrogen) atoms. The summed E-state index contributed by atoms with van der Waals surface area (Å²) in [6.45, 7) is 8.04. The molecule has 0 atom stereocenters. The van der Waals surface area contributed by atoms with Crippen molar-refractivity contribution in [2.45, 2.75) is 104 Å². The predicted octanol–water partition coefficient (Wildman–Crippen LogP) is 8.18. The van der Waals surface area contributed by atoms with Gasteiger partial charge in [0, 0.05) is 18.6 Å². The van der Waals surface area contributed by atoms with Gasteiger partial charge >= 0.3 is 0 Å². The van der Waals surface area contributed by atoms with Crippen LogP contribution in [0.25, 0.3) is 0 Å². The molecule has 0 aliphatic rings. The van der Waals surface area contributed by atoms with Gasteiger partial charge in [0.1, 0.15) is 6.54 Å². The first-order chi connectivity index (χ1) is 17.3. The first-order valence-corrected chi connectivity index (χ1v) is 14.5. The van der Waals surface area contributed by atoms with Crippen LogP contribution < -0.4 is 15.5 Å². The maximum Gasteiger partial charge on any atom is 0.168 e. The fourth-order valence-electron chi connectivity index (χ4n) is 5.41. The Morgan fingerprint density at radius 1 is 0.486 bits per heavy atom. The number of hydrogen-bond acceptors (Lipinski definition) is 0. The topological polar surface area (TPSA) is 3.88 Å². The van der Waals surface area contributed by atoms with E-state index in [1.807, 2.05) is 0 Å². The first kappa shape index (κ1) is 28.9. The second kappa shape index (κ2) is 18.0. The zero-order valence-electron chi connectivity index (χ0n) is 22.9. The van der Waals surface area contributed by atoms with Gasteiger partial charge in [-0.1, -0.05) is 139 Å². The van der Waals surface area contributed by atoms with Gasteiger partial charge in [0.25, 0.3) is 0 Å². The molecule has 190 valence electrons. The van der Waals surface area contributed by atoms with Gasteiger partial charge in [0.2, 0.25) is 0 Å². The van der Waals surface area contributed by atoms with Gasteiger partial charge in [0.15, 0.2) is 12.4 Å². The van der Waals surface area contributed by atoms with Gasteiger partial charge in [-0.15, -0.1) is 0 Å². The van der Waals surface area contributed by atoms with Crippen molar-refractivity contribution >= 4 is 17.1 Å². The van der Waals surface area contributed by atoms with Crippen molar-refractivity contribution in [3.05, 3.63) is 91.3 Å². The summed E-state index contributed by atoms with van der Waals surface area (Å²) >= 11 is 0. The van der Waals surface area contributed by atoms with Crippen molar-refractivity contribution in [2.24, 2.45) is 0 Å². The summed E-state index contributed by atoms with van der Waals surface area (Å²) in [6.07, 6.45) is 19.7. The van der Waals surface area contributed by atoms with Gasteiger partial charge in [-0.25, -0.2) is 15.5 Å².